The van der Waals surface area contributed by atoms with Crippen LogP contribution < -0.4 is 5.32 Å². The number of nitro groups is 1. The molecule has 0 aromatic heterocycles. The lowest BCUT2D eigenvalue weighted by Gasteiger charge is -2.26. The van der Waals surface area contributed by atoms with E-state index in [4.69, 9.17) is 37.4 Å². The van der Waals surface area contributed by atoms with Crippen LogP contribution in [0, 0.1) is 16.0 Å². The normalized spacial score (nSPS) is 22.8. The Morgan fingerprint density at radius 1 is 1.07 bits per heavy atom. The number of benzene rings is 1. The van der Waals surface area contributed by atoms with E-state index < -0.39 is 47.0 Å². The van der Waals surface area contributed by atoms with E-state index in [1.807, 2.05) is 0 Å². The second-order valence-corrected chi connectivity index (χ2v) is 7.55. The molecule has 1 aliphatic rings. The minimum Gasteiger partial charge on any atom is -0.465 e. The first kappa shape index (κ1) is 23.7. The molecule has 2 rings (SSSR count). The van der Waals surface area contributed by atoms with E-state index in [2.05, 4.69) is 5.32 Å². The molecule has 12 heteroatoms. The van der Waals surface area contributed by atoms with Gasteiger partial charge >= 0.3 is 17.9 Å². The Labute approximate surface area is 181 Å². The Balaban J connectivity index is 2.39. The number of nitrogens with one attached hydrogen (secondary N) is 1. The monoisotopic (exact) mass is 462 g/mol. The minimum atomic E-state index is -0.985. The molecule has 164 valence electrons. The number of rotatable bonds is 7. The molecule has 0 saturated heterocycles. The number of hydrogen-bond acceptors (Lipinski definition) is 9. The van der Waals surface area contributed by atoms with Gasteiger partial charge in [0, 0.05) is 32.8 Å². The van der Waals surface area contributed by atoms with Gasteiger partial charge in [-0.05, 0) is 12.5 Å². The van der Waals surface area contributed by atoms with Crippen LogP contribution in [0.15, 0.2) is 12.1 Å². The van der Waals surface area contributed by atoms with E-state index in [-0.39, 0.29) is 34.4 Å². The van der Waals surface area contributed by atoms with Gasteiger partial charge in [0.05, 0.1) is 27.6 Å². The molecule has 0 aliphatic heterocycles. The summed E-state index contributed by atoms with van der Waals surface area (Å²) in [5, 5.41) is 14.4. The summed E-state index contributed by atoms with van der Waals surface area (Å²) < 4.78 is 15.7. The fraction of sp³-hybridized carbons (Fsp3) is 0.500. The third kappa shape index (κ3) is 5.96. The Morgan fingerprint density at radius 2 is 1.63 bits per heavy atom. The summed E-state index contributed by atoms with van der Waals surface area (Å²) in [6, 6.07) is 1.68. The van der Waals surface area contributed by atoms with E-state index in [0.29, 0.717) is 0 Å². The summed E-state index contributed by atoms with van der Waals surface area (Å²) in [6.45, 7) is 3.52. The van der Waals surface area contributed by atoms with Crippen molar-refractivity contribution in [2.45, 2.75) is 45.4 Å². The van der Waals surface area contributed by atoms with Gasteiger partial charge in [-0.1, -0.05) is 23.2 Å². The number of esters is 3. The molecule has 1 aliphatic carbocycles. The van der Waals surface area contributed by atoms with Crippen molar-refractivity contribution in [3.8, 4) is 0 Å². The smallest absolute Gasteiger partial charge is 0.303 e. The number of halogens is 2. The molecule has 0 heterocycles. The average molecular weight is 463 g/mol. The summed E-state index contributed by atoms with van der Waals surface area (Å²) in [5.74, 6) is -2.30. The highest BCUT2D eigenvalue weighted by molar-refractivity contribution is 6.42. The minimum absolute atomic E-state index is 0.00222. The van der Waals surface area contributed by atoms with Crippen LogP contribution in [-0.2, 0) is 28.6 Å². The molecule has 30 heavy (non-hydrogen) atoms. The highest BCUT2D eigenvalue weighted by Gasteiger charge is 2.48. The zero-order valence-corrected chi connectivity index (χ0v) is 17.9. The maximum Gasteiger partial charge on any atom is 0.303 e. The van der Waals surface area contributed by atoms with Crippen molar-refractivity contribution in [2.75, 3.05) is 11.9 Å². The second-order valence-electron chi connectivity index (χ2n) is 6.74. The first-order chi connectivity index (χ1) is 14.0. The van der Waals surface area contributed by atoms with Gasteiger partial charge in [-0.25, -0.2) is 0 Å². The van der Waals surface area contributed by atoms with Crippen molar-refractivity contribution in [1.82, 2.24) is 0 Å². The highest BCUT2D eigenvalue weighted by atomic mass is 35.5. The Bertz CT molecular complexity index is 863. The SMILES string of the molecule is CC(=O)OC[C@@H]1C[C@H](Nc2cc(Cl)c(Cl)cc2[N+](=O)[O-])[C@H](OC(C)=O)[C@@H]1OC(C)=O. The predicted octanol–water partition coefficient (Wildman–Crippen LogP) is 3.13. The first-order valence-electron chi connectivity index (χ1n) is 8.87. The van der Waals surface area contributed by atoms with Crippen molar-refractivity contribution < 1.29 is 33.5 Å². The molecule has 0 amide bonds. The zero-order valence-electron chi connectivity index (χ0n) is 16.3. The molecule has 1 aromatic carbocycles. The van der Waals surface area contributed by atoms with Crippen LogP contribution in [-0.4, -0.2) is 47.7 Å². The summed E-state index contributed by atoms with van der Waals surface area (Å²) >= 11 is 11.9. The number of anilines is 1. The number of carbonyl (C=O) groups excluding carboxylic acids is 3. The fourth-order valence-electron chi connectivity index (χ4n) is 3.32. The quantitative estimate of drug-likeness (QED) is 0.280. The summed E-state index contributed by atoms with van der Waals surface area (Å²) in [6.07, 6.45) is -1.69. The Hall–Kier alpha value is -2.59. The van der Waals surface area contributed by atoms with Crippen LogP contribution in [0.3, 0.4) is 0 Å². The molecular formula is C18H20Cl2N2O8. The topological polar surface area (TPSA) is 134 Å². The standard InChI is InChI=1S/C18H20Cl2N2O8/c1-8(23)28-7-11-4-15(18(30-10(3)25)17(11)29-9(2)24)21-14-5-12(19)13(20)6-16(14)22(26)27/h5-6,11,15,17-18,21H,4,7H2,1-3H3/t11-,15-,17+,18-/m0/s1. The number of nitrogens with zero attached hydrogens (tertiary/aromatic N) is 1. The molecule has 4 atom stereocenters. The number of ether oxygens (including phenoxy) is 3. The van der Waals surface area contributed by atoms with E-state index in [0.717, 1.165) is 6.07 Å². The zero-order chi connectivity index (χ0) is 22.6. The van der Waals surface area contributed by atoms with E-state index in [9.17, 15) is 24.5 Å². The molecule has 0 unspecified atom stereocenters. The van der Waals surface area contributed by atoms with Gasteiger partial charge in [0.25, 0.3) is 5.69 Å². The molecule has 0 bridgehead atoms. The molecule has 1 saturated carbocycles. The first-order valence-corrected chi connectivity index (χ1v) is 9.63. The summed E-state index contributed by atoms with van der Waals surface area (Å²) in [4.78, 5) is 45.2. The van der Waals surface area contributed by atoms with Gasteiger partial charge in [-0.15, -0.1) is 0 Å². The van der Waals surface area contributed by atoms with E-state index in [1.54, 1.807) is 0 Å². The van der Waals surface area contributed by atoms with Gasteiger partial charge in [-0.3, -0.25) is 24.5 Å². The molecule has 1 fully saturated rings. The maximum atomic E-state index is 11.7. The highest BCUT2D eigenvalue weighted by Crippen LogP contribution is 2.38. The summed E-state index contributed by atoms with van der Waals surface area (Å²) in [5.41, 5.74) is -0.287. The summed E-state index contributed by atoms with van der Waals surface area (Å²) in [7, 11) is 0. The van der Waals surface area contributed by atoms with Crippen molar-refractivity contribution in [3.63, 3.8) is 0 Å². The third-order valence-corrected chi connectivity index (χ3v) is 5.14. The average Bonchev–Trinajstić information content (AvgIpc) is 2.91. The predicted molar refractivity (Wildman–Crippen MR) is 106 cm³/mol. The van der Waals surface area contributed by atoms with Crippen molar-refractivity contribution in [1.29, 1.82) is 0 Å². The van der Waals surface area contributed by atoms with Gasteiger partial charge in [-0.2, -0.15) is 0 Å². The molecular weight excluding hydrogens is 443 g/mol. The third-order valence-electron chi connectivity index (χ3n) is 4.42. The van der Waals surface area contributed by atoms with E-state index >= 15 is 0 Å². The van der Waals surface area contributed by atoms with Crippen LogP contribution >= 0.6 is 23.2 Å². The lowest BCUT2D eigenvalue weighted by atomic mass is 10.1. The molecule has 1 N–H and O–H groups in total. The van der Waals surface area contributed by atoms with Crippen LogP contribution in [0.5, 0.6) is 0 Å². The Kier molecular flexibility index (Phi) is 7.85. The van der Waals surface area contributed by atoms with Crippen LogP contribution in [0.1, 0.15) is 27.2 Å². The van der Waals surface area contributed by atoms with Crippen LogP contribution in [0.25, 0.3) is 0 Å². The van der Waals surface area contributed by atoms with Crippen LogP contribution in [0.4, 0.5) is 11.4 Å². The molecule has 10 nitrogen and oxygen atoms in total. The molecule has 0 spiro atoms. The van der Waals surface area contributed by atoms with Crippen LogP contribution in [0.2, 0.25) is 10.0 Å². The maximum absolute atomic E-state index is 11.7. The lowest BCUT2D eigenvalue weighted by molar-refractivity contribution is -0.384. The molecule has 0 radical (unpaired) electrons. The van der Waals surface area contributed by atoms with Crippen molar-refractivity contribution in [3.05, 3.63) is 32.3 Å². The number of carbonyl (C=O) groups is 3. The van der Waals surface area contributed by atoms with Crippen molar-refractivity contribution >= 4 is 52.5 Å². The van der Waals surface area contributed by atoms with Gasteiger partial charge in [0.1, 0.15) is 11.8 Å². The number of nitro benzene ring substituents is 1. The van der Waals surface area contributed by atoms with Gasteiger partial charge in [0.15, 0.2) is 6.10 Å². The Morgan fingerprint density at radius 3 is 2.17 bits per heavy atom. The lowest BCUT2D eigenvalue weighted by Crippen LogP contribution is -2.41. The van der Waals surface area contributed by atoms with Gasteiger partial charge in [0.2, 0.25) is 0 Å². The van der Waals surface area contributed by atoms with Crippen molar-refractivity contribution in [2.24, 2.45) is 5.92 Å². The second kappa shape index (κ2) is 9.94. The van der Waals surface area contributed by atoms with Gasteiger partial charge < -0.3 is 19.5 Å². The van der Waals surface area contributed by atoms with E-state index in [1.165, 1.54) is 26.8 Å². The number of hydrogen-bond donors (Lipinski definition) is 1. The molecule has 1 aromatic rings. The fourth-order valence-corrected chi connectivity index (χ4v) is 3.64. The largest absolute Gasteiger partial charge is 0.465 e.